The molecule has 5 N–H and O–H groups in total. The smallest absolute Gasteiger partial charge is 0.394 e. The molecule has 10 heteroatoms. The summed E-state index contributed by atoms with van der Waals surface area (Å²) in [6, 6.07) is 0. The average molecular weight is 260 g/mol. The van der Waals surface area contributed by atoms with Crippen LogP contribution in [0, 0.1) is 0 Å². The van der Waals surface area contributed by atoms with Gasteiger partial charge in [0.05, 0.1) is 6.61 Å². The average Bonchev–Trinajstić information content (AvgIpc) is 2.17. The highest BCUT2D eigenvalue weighted by Gasteiger charge is 2.46. The number of aliphatic hydroxyl groups excluding tert-OH is 4. The van der Waals surface area contributed by atoms with E-state index in [2.05, 4.69) is 8.92 Å². The first-order valence-corrected chi connectivity index (χ1v) is 5.59. The summed E-state index contributed by atoms with van der Waals surface area (Å²) in [5.74, 6) is 0. The Morgan fingerprint density at radius 3 is 2.19 bits per heavy atom. The highest BCUT2D eigenvalue weighted by molar-refractivity contribution is 7.80. The summed E-state index contributed by atoms with van der Waals surface area (Å²) in [6.07, 6.45) is -8.58. The van der Waals surface area contributed by atoms with Crippen molar-refractivity contribution >= 4 is 10.4 Å². The zero-order valence-corrected chi connectivity index (χ0v) is 8.69. The van der Waals surface area contributed by atoms with Crippen LogP contribution >= 0.6 is 0 Å². The normalized spacial score (nSPS) is 40.9. The summed E-state index contributed by atoms with van der Waals surface area (Å²) in [4.78, 5) is 0. The summed E-state index contributed by atoms with van der Waals surface area (Å²) in [7, 11) is -4.91. The molecular formula is C6H12O9S. The monoisotopic (exact) mass is 260 g/mol. The van der Waals surface area contributed by atoms with E-state index in [1.54, 1.807) is 0 Å². The van der Waals surface area contributed by atoms with Crippen LogP contribution in [0.2, 0.25) is 0 Å². The third-order valence-corrected chi connectivity index (χ3v) is 2.54. The van der Waals surface area contributed by atoms with Crippen LogP contribution in [0.1, 0.15) is 0 Å². The standard InChI is InChI=1S/C6H12O9S/c7-1-2-3(8)5(15-16(11,12)13)4(9)6(10)14-2/h2-10H,1H2,(H,11,12,13)/t2-,3+,4-,5+,6+/m1/s1. The quantitative estimate of drug-likeness (QED) is 0.327. The summed E-state index contributed by atoms with van der Waals surface area (Å²) in [5.41, 5.74) is 0. The molecule has 0 amide bonds. The van der Waals surface area contributed by atoms with Crippen molar-refractivity contribution in [3.63, 3.8) is 0 Å². The molecule has 1 aliphatic heterocycles. The Labute approximate surface area is 90.8 Å². The van der Waals surface area contributed by atoms with E-state index < -0.39 is 47.7 Å². The van der Waals surface area contributed by atoms with Crippen molar-refractivity contribution in [2.75, 3.05) is 6.61 Å². The van der Waals surface area contributed by atoms with Gasteiger partial charge in [-0.25, -0.2) is 4.18 Å². The highest BCUT2D eigenvalue weighted by Crippen LogP contribution is 2.23. The lowest BCUT2D eigenvalue weighted by Crippen LogP contribution is -2.59. The van der Waals surface area contributed by atoms with Crippen LogP contribution in [0.4, 0.5) is 0 Å². The molecule has 1 saturated heterocycles. The third kappa shape index (κ3) is 3.09. The van der Waals surface area contributed by atoms with Crippen LogP contribution in [0.5, 0.6) is 0 Å². The van der Waals surface area contributed by atoms with E-state index >= 15 is 0 Å². The number of aliphatic hydroxyl groups is 4. The van der Waals surface area contributed by atoms with Gasteiger partial charge in [-0.2, -0.15) is 8.42 Å². The van der Waals surface area contributed by atoms with Crippen molar-refractivity contribution in [3.05, 3.63) is 0 Å². The van der Waals surface area contributed by atoms with E-state index in [4.69, 9.17) is 14.8 Å². The Hall–Kier alpha value is -0.330. The van der Waals surface area contributed by atoms with Gasteiger partial charge in [-0.1, -0.05) is 0 Å². The first-order valence-electron chi connectivity index (χ1n) is 4.22. The Morgan fingerprint density at radius 2 is 1.75 bits per heavy atom. The first kappa shape index (κ1) is 13.7. The van der Waals surface area contributed by atoms with Crippen LogP contribution in [0.25, 0.3) is 0 Å². The number of ether oxygens (including phenoxy) is 1. The Balaban J connectivity index is 2.85. The molecule has 96 valence electrons. The maximum Gasteiger partial charge on any atom is 0.397 e. The van der Waals surface area contributed by atoms with Crippen LogP contribution < -0.4 is 0 Å². The fourth-order valence-corrected chi connectivity index (χ4v) is 1.83. The molecule has 1 heterocycles. The minimum absolute atomic E-state index is 0.726. The number of rotatable bonds is 3. The molecule has 0 unspecified atom stereocenters. The zero-order valence-electron chi connectivity index (χ0n) is 7.87. The first-order chi connectivity index (χ1) is 7.26. The van der Waals surface area contributed by atoms with Crippen molar-refractivity contribution in [2.45, 2.75) is 30.7 Å². The summed E-state index contributed by atoms with van der Waals surface area (Å²) in [5, 5.41) is 36.5. The van der Waals surface area contributed by atoms with Crippen LogP contribution in [-0.4, -0.2) is 70.7 Å². The summed E-state index contributed by atoms with van der Waals surface area (Å²) >= 11 is 0. The second-order valence-electron chi connectivity index (χ2n) is 3.22. The fourth-order valence-electron chi connectivity index (χ4n) is 1.32. The molecule has 0 aromatic rings. The van der Waals surface area contributed by atoms with Gasteiger partial charge in [0.15, 0.2) is 6.29 Å². The van der Waals surface area contributed by atoms with Crippen molar-refractivity contribution in [1.82, 2.24) is 0 Å². The lowest BCUT2D eigenvalue weighted by atomic mass is 9.99. The molecule has 0 spiro atoms. The minimum Gasteiger partial charge on any atom is -0.394 e. The van der Waals surface area contributed by atoms with E-state index in [0.717, 1.165) is 0 Å². The minimum atomic E-state index is -4.91. The van der Waals surface area contributed by atoms with Crippen molar-refractivity contribution in [1.29, 1.82) is 0 Å². The molecule has 9 nitrogen and oxygen atoms in total. The van der Waals surface area contributed by atoms with E-state index in [1.807, 2.05) is 0 Å². The SMILES string of the molecule is O=S(=O)(O)O[C@@H]1[C@@H](O)[C@@H](O)O[C@H](CO)[C@@H]1O. The van der Waals surface area contributed by atoms with Crippen molar-refractivity contribution < 1.29 is 42.3 Å². The lowest BCUT2D eigenvalue weighted by molar-refractivity contribution is -0.282. The van der Waals surface area contributed by atoms with Gasteiger partial charge in [-0.05, 0) is 0 Å². The Bertz CT molecular complexity index is 327. The molecule has 5 atom stereocenters. The summed E-state index contributed by atoms with van der Waals surface area (Å²) < 4.78 is 37.8. The molecule has 0 aromatic carbocycles. The topological polar surface area (TPSA) is 154 Å². The van der Waals surface area contributed by atoms with Crippen molar-refractivity contribution in [2.24, 2.45) is 0 Å². The summed E-state index contributed by atoms with van der Waals surface area (Å²) in [6.45, 7) is -0.726. The van der Waals surface area contributed by atoms with Crippen LogP contribution in [0.3, 0.4) is 0 Å². The van der Waals surface area contributed by atoms with Gasteiger partial charge in [0.25, 0.3) is 0 Å². The predicted octanol–water partition coefficient (Wildman–Crippen LogP) is -3.39. The molecule has 0 saturated carbocycles. The molecule has 1 fully saturated rings. The molecule has 0 aliphatic carbocycles. The van der Waals surface area contributed by atoms with E-state index in [9.17, 15) is 18.6 Å². The Kier molecular flexibility index (Phi) is 4.20. The third-order valence-electron chi connectivity index (χ3n) is 2.07. The molecule has 0 bridgehead atoms. The van der Waals surface area contributed by atoms with Gasteiger partial charge in [0.1, 0.15) is 24.4 Å². The van der Waals surface area contributed by atoms with Gasteiger partial charge in [0.2, 0.25) is 0 Å². The second-order valence-corrected chi connectivity index (χ2v) is 4.27. The molecular weight excluding hydrogens is 248 g/mol. The fraction of sp³-hybridized carbons (Fsp3) is 1.00. The second kappa shape index (κ2) is 4.89. The predicted molar refractivity (Wildman–Crippen MR) is 46.4 cm³/mol. The van der Waals surface area contributed by atoms with E-state index in [1.165, 1.54) is 0 Å². The largest absolute Gasteiger partial charge is 0.397 e. The van der Waals surface area contributed by atoms with E-state index in [-0.39, 0.29) is 0 Å². The van der Waals surface area contributed by atoms with Gasteiger partial charge in [0, 0.05) is 0 Å². The highest BCUT2D eigenvalue weighted by atomic mass is 32.3. The van der Waals surface area contributed by atoms with Crippen LogP contribution in [0.15, 0.2) is 0 Å². The van der Waals surface area contributed by atoms with Gasteiger partial charge >= 0.3 is 10.4 Å². The molecule has 0 aromatic heterocycles. The van der Waals surface area contributed by atoms with Gasteiger partial charge in [-0.3, -0.25) is 4.55 Å². The molecule has 0 radical (unpaired) electrons. The maximum absolute atomic E-state index is 10.4. The number of hydrogen-bond donors (Lipinski definition) is 5. The maximum atomic E-state index is 10.4. The molecule has 1 aliphatic rings. The molecule has 1 rings (SSSR count). The molecule has 16 heavy (non-hydrogen) atoms. The lowest BCUT2D eigenvalue weighted by Gasteiger charge is -2.38. The number of hydrogen-bond acceptors (Lipinski definition) is 8. The van der Waals surface area contributed by atoms with Crippen molar-refractivity contribution in [3.8, 4) is 0 Å². The zero-order chi connectivity index (χ0) is 12.5. The van der Waals surface area contributed by atoms with Gasteiger partial charge in [-0.15, -0.1) is 0 Å². The van der Waals surface area contributed by atoms with Crippen LogP contribution in [-0.2, 0) is 19.3 Å². The van der Waals surface area contributed by atoms with E-state index in [0.29, 0.717) is 0 Å². The Morgan fingerprint density at radius 1 is 1.19 bits per heavy atom. The van der Waals surface area contributed by atoms with Gasteiger partial charge < -0.3 is 25.2 Å².